The maximum absolute atomic E-state index is 11.8. The molecule has 1 rings (SSSR count). The van der Waals surface area contributed by atoms with Gasteiger partial charge in [0, 0.05) is 5.02 Å². The van der Waals surface area contributed by atoms with Gasteiger partial charge in [0.1, 0.15) is 5.76 Å². The van der Waals surface area contributed by atoms with Gasteiger partial charge in [-0.25, -0.2) is 4.79 Å². The van der Waals surface area contributed by atoms with Crippen molar-refractivity contribution in [3.63, 3.8) is 0 Å². The average molecular weight is 325 g/mol. The minimum absolute atomic E-state index is 0.0852. The largest absolute Gasteiger partial charge is 0.496 e. The van der Waals surface area contributed by atoms with Gasteiger partial charge in [-0.15, -0.1) is 0 Å². The Morgan fingerprint density at radius 2 is 1.68 bits per heavy atom. The van der Waals surface area contributed by atoms with Crippen LogP contribution >= 0.6 is 11.6 Å². The summed E-state index contributed by atoms with van der Waals surface area (Å²) in [6.45, 7) is 0. The van der Waals surface area contributed by atoms with Crippen molar-refractivity contribution in [2.75, 3.05) is 21.3 Å². The maximum atomic E-state index is 11.8. The van der Waals surface area contributed by atoms with E-state index in [2.05, 4.69) is 9.47 Å². The van der Waals surface area contributed by atoms with Crippen LogP contribution in [0.15, 0.2) is 41.7 Å². The Morgan fingerprint density at radius 1 is 1.05 bits per heavy atom. The van der Waals surface area contributed by atoms with E-state index < -0.39 is 11.9 Å². The van der Waals surface area contributed by atoms with Gasteiger partial charge in [0.25, 0.3) is 0 Å². The summed E-state index contributed by atoms with van der Waals surface area (Å²) < 4.78 is 14.4. The van der Waals surface area contributed by atoms with Crippen molar-refractivity contribution in [3.05, 3.63) is 52.3 Å². The van der Waals surface area contributed by atoms with Gasteiger partial charge in [0.15, 0.2) is 0 Å². The Morgan fingerprint density at radius 3 is 2.18 bits per heavy atom. The van der Waals surface area contributed by atoms with Gasteiger partial charge in [0.05, 0.1) is 33.3 Å². The molecule has 0 heterocycles. The molecule has 0 unspecified atom stereocenters. The molecule has 1 aromatic rings. The molecule has 0 radical (unpaired) electrons. The highest BCUT2D eigenvalue weighted by Crippen LogP contribution is 2.17. The normalized spacial score (nSPS) is 11.8. The minimum atomic E-state index is -0.650. The number of methoxy groups -OCH3 is 3. The number of carbonyl (C=O) groups is 2. The molecule has 0 saturated heterocycles. The summed E-state index contributed by atoms with van der Waals surface area (Å²) >= 11 is 5.82. The topological polar surface area (TPSA) is 61.8 Å². The quantitative estimate of drug-likeness (QED) is 0.348. The third kappa shape index (κ3) is 5.26. The smallest absolute Gasteiger partial charge is 0.338 e. The Balaban J connectivity index is 3.11. The van der Waals surface area contributed by atoms with Crippen LogP contribution in [0.25, 0.3) is 6.08 Å². The van der Waals surface area contributed by atoms with E-state index in [1.54, 1.807) is 24.3 Å². The molecule has 1 aromatic carbocycles. The zero-order valence-electron chi connectivity index (χ0n) is 12.6. The van der Waals surface area contributed by atoms with E-state index >= 15 is 0 Å². The molecule has 0 saturated carbocycles. The Hall–Kier alpha value is -2.27. The highest BCUT2D eigenvalue weighted by atomic mass is 35.5. The number of allylic oxidation sites excluding steroid dienone is 1. The molecule has 0 aliphatic rings. The van der Waals surface area contributed by atoms with Crippen molar-refractivity contribution in [2.45, 2.75) is 6.42 Å². The second-order valence-corrected chi connectivity index (χ2v) is 4.61. The van der Waals surface area contributed by atoms with Gasteiger partial charge in [-0.1, -0.05) is 29.8 Å². The van der Waals surface area contributed by atoms with Crippen LogP contribution in [0, 0.1) is 0 Å². The molecule has 5 nitrogen and oxygen atoms in total. The Kier molecular flexibility index (Phi) is 7.19. The van der Waals surface area contributed by atoms with Crippen LogP contribution in [-0.4, -0.2) is 33.3 Å². The van der Waals surface area contributed by atoms with Crippen LogP contribution in [0.2, 0.25) is 5.02 Å². The molecule has 22 heavy (non-hydrogen) atoms. The zero-order chi connectivity index (χ0) is 16.5. The van der Waals surface area contributed by atoms with E-state index in [1.165, 1.54) is 21.3 Å². The molecule has 0 atom stereocenters. The second-order valence-electron chi connectivity index (χ2n) is 4.18. The molecular weight excluding hydrogens is 308 g/mol. The predicted octanol–water partition coefficient (Wildman–Crippen LogP) is 2.99. The van der Waals surface area contributed by atoms with E-state index in [1.807, 2.05) is 12.1 Å². The average Bonchev–Trinajstić information content (AvgIpc) is 2.54. The Labute approximate surface area is 134 Å². The van der Waals surface area contributed by atoms with Crippen molar-refractivity contribution >= 4 is 29.6 Å². The molecule has 0 aliphatic carbocycles. The molecule has 0 aliphatic heterocycles. The highest BCUT2D eigenvalue weighted by molar-refractivity contribution is 6.30. The number of halogens is 1. The number of carbonyl (C=O) groups excluding carboxylic acids is 2. The molecular formula is C16H17ClO5. The van der Waals surface area contributed by atoms with Crippen LogP contribution in [0.4, 0.5) is 0 Å². The van der Waals surface area contributed by atoms with Gasteiger partial charge in [-0.05, 0) is 23.8 Å². The van der Waals surface area contributed by atoms with Crippen molar-refractivity contribution < 1.29 is 23.8 Å². The van der Waals surface area contributed by atoms with Crippen molar-refractivity contribution in [2.24, 2.45) is 0 Å². The van der Waals surface area contributed by atoms with Gasteiger partial charge in [0.2, 0.25) is 0 Å². The lowest BCUT2D eigenvalue weighted by Gasteiger charge is -2.09. The molecule has 0 spiro atoms. The zero-order valence-corrected chi connectivity index (χ0v) is 13.3. The van der Waals surface area contributed by atoms with Crippen molar-refractivity contribution in [3.8, 4) is 0 Å². The van der Waals surface area contributed by atoms with Crippen LogP contribution < -0.4 is 0 Å². The minimum Gasteiger partial charge on any atom is -0.496 e. The fraction of sp³-hybridized carbons (Fsp3) is 0.250. The third-order valence-corrected chi connectivity index (χ3v) is 3.05. The standard InChI is InChI=1S/C16H17ClO5/c1-20-14(9-6-11-4-7-12(17)8-5-11)13(16(19)22-3)10-15(18)21-2/h4-9H,10H2,1-3H3/b9-6+,14-13+. The monoisotopic (exact) mass is 324 g/mol. The highest BCUT2D eigenvalue weighted by Gasteiger charge is 2.19. The predicted molar refractivity (Wildman–Crippen MR) is 83.2 cm³/mol. The van der Waals surface area contributed by atoms with E-state index in [-0.39, 0.29) is 17.8 Å². The van der Waals surface area contributed by atoms with E-state index in [0.29, 0.717) is 5.02 Å². The first kappa shape index (κ1) is 17.8. The van der Waals surface area contributed by atoms with Gasteiger partial charge >= 0.3 is 11.9 Å². The Bertz CT molecular complexity index is 587. The number of benzene rings is 1. The first-order valence-electron chi connectivity index (χ1n) is 6.37. The molecule has 118 valence electrons. The lowest BCUT2D eigenvalue weighted by molar-refractivity contribution is -0.143. The van der Waals surface area contributed by atoms with Gasteiger partial charge in [-0.3, -0.25) is 4.79 Å². The van der Waals surface area contributed by atoms with Crippen LogP contribution in [0.3, 0.4) is 0 Å². The van der Waals surface area contributed by atoms with Crippen LogP contribution in [0.1, 0.15) is 12.0 Å². The van der Waals surface area contributed by atoms with E-state index in [4.69, 9.17) is 16.3 Å². The van der Waals surface area contributed by atoms with E-state index in [9.17, 15) is 9.59 Å². The van der Waals surface area contributed by atoms with Crippen molar-refractivity contribution in [1.29, 1.82) is 0 Å². The van der Waals surface area contributed by atoms with Gasteiger partial charge in [-0.2, -0.15) is 0 Å². The fourth-order valence-corrected chi connectivity index (χ4v) is 1.76. The van der Waals surface area contributed by atoms with Crippen molar-refractivity contribution in [1.82, 2.24) is 0 Å². The SMILES string of the molecule is COC(=O)C/C(C(=O)OC)=C(/C=C/c1ccc(Cl)cc1)OC. The summed E-state index contributed by atoms with van der Waals surface area (Å²) in [5.41, 5.74) is 0.947. The maximum Gasteiger partial charge on any atom is 0.338 e. The molecule has 6 heteroatoms. The molecule has 0 fully saturated rings. The summed E-state index contributed by atoms with van der Waals surface area (Å²) in [7, 11) is 3.88. The fourth-order valence-electron chi connectivity index (χ4n) is 1.64. The van der Waals surface area contributed by atoms with Crippen LogP contribution in [0.5, 0.6) is 0 Å². The number of hydrogen-bond acceptors (Lipinski definition) is 5. The second kappa shape index (κ2) is 8.89. The first-order valence-corrected chi connectivity index (χ1v) is 6.75. The lowest BCUT2D eigenvalue weighted by atomic mass is 10.1. The lowest BCUT2D eigenvalue weighted by Crippen LogP contribution is -2.13. The number of rotatable bonds is 6. The van der Waals surface area contributed by atoms with Gasteiger partial charge < -0.3 is 14.2 Å². The third-order valence-electron chi connectivity index (χ3n) is 2.80. The number of ether oxygens (including phenoxy) is 3. The molecule has 0 N–H and O–H groups in total. The van der Waals surface area contributed by atoms with Crippen LogP contribution in [-0.2, 0) is 23.8 Å². The number of esters is 2. The summed E-state index contributed by atoms with van der Waals surface area (Å²) in [4.78, 5) is 23.2. The molecule has 0 aromatic heterocycles. The van der Waals surface area contributed by atoms with E-state index in [0.717, 1.165) is 5.56 Å². The number of hydrogen-bond donors (Lipinski definition) is 0. The molecule has 0 bridgehead atoms. The summed E-state index contributed by atoms with van der Waals surface area (Å²) in [6, 6.07) is 7.11. The summed E-state index contributed by atoms with van der Waals surface area (Å²) in [6.07, 6.45) is 3.07. The summed E-state index contributed by atoms with van der Waals surface area (Å²) in [5, 5.41) is 0.626. The first-order chi connectivity index (χ1) is 10.5. The molecule has 0 amide bonds. The summed E-state index contributed by atoms with van der Waals surface area (Å²) in [5.74, 6) is -0.981.